The third kappa shape index (κ3) is 4.74. The lowest BCUT2D eigenvalue weighted by Crippen LogP contribution is -2.54. The van der Waals surface area contributed by atoms with E-state index in [4.69, 9.17) is 14.2 Å². The molecular formula is C30H30O7. The highest BCUT2D eigenvalue weighted by molar-refractivity contribution is 6.14. The van der Waals surface area contributed by atoms with Gasteiger partial charge in [-0.1, -0.05) is 66.7 Å². The zero-order chi connectivity index (χ0) is 26.7. The molecule has 1 aliphatic rings. The number of carbonyl (C=O) groups excluding carboxylic acids is 3. The molecule has 0 radical (unpaired) electrons. The minimum Gasteiger partial charge on any atom is -0.493 e. The molecule has 1 aliphatic carbocycles. The second-order valence-corrected chi connectivity index (χ2v) is 9.37. The van der Waals surface area contributed by atoms with Crippen LogP contribution < -0.4 is 14.2 Å². The Bertz CT molecular complexity index is 1300. The molecule has 4 unspecified atom stereocenters. The van der Waals surface area contributed by atoms with Crippen LogP contribution in [0.5, 0.6) is 17.2 Å². The van der Waals surface area contributed by atoms with E-state index in [2.05, 4.69) is 0 Å². The molecule has 0 aliphatic heterocycles. The van der Waals surface area contributed by atoms with Gasteiger partial charge in [-0.15, -0.1) is 0 Å². The molecule has 0 amide bonds. The molecule has 3 aromatic rings. The van der Waals surface area contributed by atoms with Crippen LogP contribution in [0.1, 0.15) is 45.5 Å². The third-order valence-corrected chi connectivity index (χ3v) is 7.04. The summed E-state index contributed by atoms with van der Waals surface area (Å²) in [6.45, 7) is 1.47. The number of methoxy groups -OCH3 is 3. The van der Waals surface area contributed by atoms with Crippen molar-refractivity contribution in [2.75, 3.05) is 21.3 Å². The van der Waals surface area contributed by atoms with E-state index in [0.29, 0.717) is 22.4 Å². The molecule has 37 heavy (non-hydrogen) atoms. The van der Waals surface area contributed by atoms with Gasteiger partial charge in [-0.25, -0.2) is 0 Å². The van der Waals surface area contributed by atoms with E-state index in [1.54, 1.807) is 72.8 Å². The summed E-state index contributed by atoms with van der Waals surface area (Å²) in [7, 11) is 4.37. The van der Waals surface area contributed by atoms with Gasteiger partial charge in [0, 0.05) is 29.0 Å². The van der Waals surface area contributed by atoms with Crippen LogP contribution in [-0.4, -0.2) is 49.4 Å². The van der Waals surface area contributed by atoms with Crippen LogP contribution in [0.2, 0.25) is 0 Å². The molecule has 0 heterocycles. The van der Waals surface area contributed by atoms with Gasteiger partial charge in [0.25, 0.3) is 0 Å². The Kier molecular flexibility index (Phi) is 7.45. The summed E-state index contributed by atoms with van der Waals surface area (Å²) in [5.74, 6) is -3.76. The van der Waals surface area contributed by atoms with Crippen LogP contribution in [0, 0.1) is 11.8 Å². The Labute approximate surface area is 216 Å². The summed E-state index contributed by atoms with van der Waals surface area (Å²) >= 11 is 0. The fourth-order valence-corrected chi connectivity index (χ4v) is 5.42. The van der Waals surface area contributed by atoms with Gasteiger partial charge in [0.05, 0.1) is 38.8 Å². The van der Waals surface area contributed by atoms with Gasteiger partial charge in [0.15, 0.2) is 23.1 Å². The Morgan fingerprint density at radius 1 is 0.784 bits per heavy atom. The molecule has 4 atom stereocenters. The van der Waals surface area contributed by atoms with Crippen molar-refractivity contribution >= 4 is 17.3 Å². The third-order valence-electron chi connectivity index (χ3n) is 7.04. The van der Waals surface area contributed by atoms with Crippen LogP contribution in [0.25, 0.3) is 0 Å². The number of hydrogen-bond donors (Lipinski definition) is 1. The van der Waals surface area contributed by atoms with Crippen LogP contribution >= 0.6 is 0 Å². The maximum absolute atomic E-state index is 14.0. The zero-order valence-corrected chi connectivity index (χ0v) is 21.3. The fraction of sp³-hybridized carbons (Fsp3) is 0.300. The molecule has 0 bridgehead atoms. The maximum atomic E-state index is 14.0. The first-order valence-electron chi connectivity index (χ1n) is 12.0. The highest BCUT2D eigenvalue weighted by atomic mass is 16.5. The lowest BCUT2D eigenvalue weighted by molar-refractivity contribution is -0.135. The van der Waals surface area contributed by atoms with Gasteiger partial charge in [0.1, 0.15) is 5.78 Å². The van der Waals surface area contributed by atoms with Crippen molar-refractivity contribution < 1.29 is 33.7 Å². The normalized spacial score (nSPS) is 23.3. The molecule has 7 heteroatoms. The molecule has 0 saturated heterocycles. The van der Waals surface area contributed by atoms with E-state index in [-0.39, 0.29) is 23.7 Å². The quantitative estimate of drug-likeness (QED) is 0.357. The summed E-state index contributed by atoms with van der Waals surface area (Å²) in [6.07, 6.45) is -0.342. The van der Waals surface area contributed by atoms with Gasteiger partial charge in [-0.05, 0) is 13.0 Å². The maximum Gasteiger partial charge on any atom is 0.203 e. The van der Waals surface area contributed by atoms with Crippen LogP contribution in [0.4, 0.5) is 0 Å². The number of Topliss-reactive ketones (excluding diaryl/α,β-unsaturated/α-hetero) is 3. The minimum atomic E-state index is -1.72. The number of rotatable bonds is 8. The number of ketones is 3. The van der Waals surface area contributed by atoms with Crippen molar-refractivity contribution in [3.8, 4) is 17.2 Å². The Morgan fingerprint density at radius 3 is 1.84 bits per heavy atom. The van der Waals surface area contributed by atoms with Crippen molar-refractivity contribution in [3.05, 3.63) is 89.5 Å². The highest BCUT2D eigenvalue weighted by Crippen LogP contribution is 2.53. The van der Waals surface area contributed by atoms with Crippen LogP contribution in [-0.2, 0) is 4.79 Å². The first-order chi connectivity index (χ1) is 17.7. The molecule has 1 fully saturated rings. The Balaban J connectivity index is 2.00. The van der Waals surface area contributed by atoms with Crippen LogP contribution in [0.15, 0.2) is 72.8 Å². The predicted octanol–water partition coefficient (Wildman–Crippen LogP) is 4.52. The number of benzene rings is 3. The van der Waals surface area contributed by atoms with E-state index in [1.807, 2.05) is 0 Å². The standard InChI is InChI=1S/C30H30O7/c1-30(34)17-21(31)24(26(32)18-11-7-5-8-12-18)23(25(30)27(33)19-13-9-6-10-14-19)20-15-16-22(35-2)29(37-4)28(20)36-3/h5-16,23-25,34H,17H2,1-4H3. The molecule has 7 nitrogen and oxygen atoms in total. The number of aliphatic hydroxyl groups is 1. The summed E-state index contributed by atoms with van der Waals surface area (Å²) in [5.41, 5.74) is -0.604. The largest absolute Gasteiger partial charge is 0.493 e. The number of carbonyl (C=O) groups is 3. The smallest absolute Gasteiger partial charge is 0.203 e. The average molecular weight is 503 g/mol. The summed E-state index contributed by atoms with van der Waals surface area (Å²) in [4.78, 5) is 41.5. The van der Waals surface area contributed by atoms with Gasteiger partial charge in [-0.2, -0.15) is 0 Å². The van der Waals surface area contributed by atoms with Gasteiger partial charge in [-0.3, -0.25) is 14.4 Å². The SMILES string of the molecule is COc1ccc(C2C(C(=O)c3ccccc3)C(=O)CC(C)(O)C2C(=O)c2ccccc2)c(OC)c1OC. The molecule has 1 N–H and O–H groups in total. The fourth-order valence-electron chi connectivity index (χ4n) is 5.42. The number of ether oxygens (including phenoxy) is 3. The van der Waals surface area contributed by atoms with E-state index < -0.39 is 34.9 Å². The van der Waals surface area contributed by atoms with Crippen LogP contribution in [0.3, 0.4) is 0 Å². The van der Waals surface area contributed by atoms with Crippen molar-refractivity contribution in [3.63, 3.8) is 0 Å². The summed E-state index contributed by atoms with van der Waals surface area (Å²) < 4.78 is 16.7. The first kappa shape index (κ1) is 26.1. The molecular weight excluding hydrogens is 472 g/mol. The molecule has 0 spiro atoms. The molecule has 0 aromatic heterocycles. The average Bonchev–Trinajstić information content (AvgIpc) is 2.91. The van der Waals surface area contributed by atoms with Crippen molar-refractivity contribution in [2.45, 2.75) is 24.9 Å². The minimum absolute atomic E-state index is 0.231. The lowest BCUT2D eigenvalue weighted by Gasteiger charge is -2.45. The molecule has 192 valence electrons. The van der Waals surface area contributed by atoms with Crippen molar-refractivity contribution in [1.29, 1.82) is 0 Å². The summed E-state index contributed by atoms with van der Waals surface area (Å²) in [5, 5.41) is 11.6. The first-order valence-corrected chi connectivity index (χ1v) is 12.0. The predicted molar refractivity (Wildman–Crippen MR) is 138 cm³/mol. The van der Waals surface area contributed by atoms with Gasteiger partial charge in [0.2, 0.25) is 5.75 Å². The van der Waals surface area contributed by atoms with E-state index in [9.17, 15) is 19.5 Å². The van der Waals surface area contributed by atoms with Gasteiger partial charge < -0.3 is 19.3 Å². The second kappa shape index (κ2) is 10.6. The lowest BCUT2D eigenvalue weighted by atomic mass is 9.58. The van der Waals surface area contributed by atoms with E-state index >= 15 is 0 Å². The monoisotopic (exact) mass is 502 g/mol. The second-order valence-electron chi connectivity index (χ2n) is 9.37. The number of hydrogen-bond acceptors (Lipinski definition) is 7. The van der Waals surface area contributed by atoms with E-state index in [1.165, 1.54) is 28.3 Å². The molecule has 3 aromatic carbocycles. The topological polar surface area (TPSA) is 99.1 Å². The molecule has 4 rings (SSSR count). The van der Waals surface area contributed by atoms with E-state index in [0.717, 1.165) is 0 Å². The zero-order valence-electron chi connectivity index (χ0n) is 21.3. The Morgan fingerprint density at radius 2 is 1.32 bits per heavy atom. The highest BCUT2D eigenvalue weighted by Gasteiger charge is 2.56. The van der Waals surface area contributed by atoms with Crippen molar-refractivity contribution in [1.82, 2.24) is 0 Å². The van der Waals surface area contributed by atoms with Crippen molar-refractivity contribution in [2.24, 2.45) is 11.8 Å². The summed E-state index contributed by atoms with van der Waals surface area (Å²) in [6, 6.07) is 20.4. The molecule has 1 saturated carbocycles. The Hall–Kier alpha value is -3.97. The van der Waals surface area contributed by atoms with Gasteiger partial charge >= 0.3 is 0 Å².